The van der Waals surface area contributed by atoms with Gasteiger partial charge in [-0.2, -0.15) is 0 Å². The molecule has 18 heavy (non-hydrogen) atoms. The third kappa shape index (κ3) is 4.70. The molecular formula is C11H14Cl2N2O3. The fraction of sp³-hybridized carbons (Fsp3) is 0.364. The maximum Gasteiger partial charge on any atom is 0.250 e. The molecule has 0 fully saturated rings. The van der Waals surface area contributed by atoms with Crippen molar-refractivity contribution in [2.45, 2.75) is 0 Å². The summed E-state index contributed by atoms with van der Waals surface area (Å²) >= 11 is 11.8. The number of nitrogens with one attached hydrogen (secondary N) is 1. The summed E-state index contributed by atoms with van der Waals surface area (Å²) < 4.78 is 9.84. The largest absolute Gasteiger partial charge is 0.399 e. The van der Waals surface area contributed by atoms with Crippen molar-refractivity contribution < 1.29 is 14.3 Å². The van der Waals surface area contributed by atoms with Crippen molar-refractivity contribution in [3.05, 3.63) is 22.2 Å². The van der Waals surface area contributed by atoms with Gasteiger partial charge >= 0.3 is 0 Å². The number of amides is 1. The van der Waals surface area contributed by atoms with E-state index in [1.165, 1.54) is 12.1 Å². The smallest absolute Gasteiger partial charge is 0.250 e. The molecule has 0 atom stereocenters. The zero-order valence-electron chi connectivity index (χ0n) is 9.83. The van der Waals surface area contributed by atoms with Gasteiger partial charge in [-0.3, -0.25) is 4.79 Å². The minimum atomic E-state index is -0.348. The molecule has 100 valence electrons. The molecule has 3 N–H and O–H groups in total. The second kappa shape index (κ2) is 7.43. The number of benzene rings is 1. The van der Waals surface area contributed by atoms with Gasteiger partial charge in [-0.1, -0.05) is 23.2 Å². The first-order valence-corrected chi connectivity index (χ1v) is 5.91. The van der Waals surface area contributed by atoms with Crippen LogP contribution >= 0.6 is 23.2 Å². The van der Waals surface area contributed by atoms with Crippen LogP contribution in [0.4, 0.5) is 11.4 Å². The highest BCUT2D eigenvalue weighted by Gasteiger charge is 2.10. The third-order valence-corrected chi connectivity index (χ3v) is 2.59. The van der Waals surface area contributed by atoms with Crippen LogP contribution in [0.2, 0.25) is 10.0 Å². The van der Waals surface area contributed by atoms with E-state index in [9.17, 15) is 4.79 Å². The number of carbonyl (C=O) groups is 1. The monoisotopic (exact) mass is 292 g/mol. The Morgan fingerprint density at radius 1 is 1.33 bits per heavy atom. The highest BCUT2D eigenvalue weighted by atomic mass is 35.5. The summed E-state index contributed by atoms with van der Waals surface area (Å²) in [4.78, 5) is 11.5. The summed E-state index contributed by atoms with van der Waals surface area (Å²) in [5.41, 5.74) is 6.31. The number of nitrogens with two attached hydrogens (primary N) is 1. The van der Waals surface area contributed by atoms with Crippen molar-refractivity contribution >= 4 is 40.5 Å². The predicted octanol–water partition coefficient (Wildman–Crippen LogP) is 2.18. The number of rotatable bonds is 6. The summed E-state index contributed by atoms with van der Waals surface area (Å²) in [7, 11) is 1.55. The first-order valence-electron chi connectivity index (χ1n) is 5.15. The van der Waals surface area contributed by atoms with Crippen molar-refractivity contribution in [1.82, 2.24) is 0 Å². The average molecular weight is 293 g/mol. The lowest BCUT2D eigenvalue weighted by Gasteiger charge is -2.10. The van der Waals surface area contributed by atoms with Gasteiger partial charge in [0.15, 0.2) is 0 Å². The Balaban J connectivity index is 2.54. The van der Waals surface area contributed by atoms with E-state index in [4.69, 9.17) is 38.4 Å². The molecule has 0 spiro atoms. The van der Waals surface area contributed by atoms with Gasteiger partial charge in [-0.15, -0.1) is 0 Å². The van der Waals surface area contributed by atoms with Gasteiger partial charge in [0.25, 0.3) is 0 Å². The summed E-state index contributed by atoms with van der Waals surface area (Å²) in [5, 5.41) is 3.12. The van der Waals surface area contributed by atoms with Gasteiger partial charge < -0.3 is 20.5 Å². The molecule has 0 bridgehead atoms. The van der Waals surface area contributed by atoms with Crippen LogP contribution in [0.5, 0.6) is 0 Å². The number of hydrogen-bond donors (Lipinski definition) is 2. The van der Waals surface area contributed by atoms with E-state index < -0.39 is 0 Å². The van der Waals surface area contributed by atoms with Crippen LogP contribution in [0.3, 0.4) is 0 Å². The van der Waals surface area contributed by atoms with Gasteiger partial charge in [-0.25, -0.2) is 0 Å². The van der Waals surface area contributed by atoms with Crippen LogP contribution in [0.15, 0.2) is 12.1 Å². The molecule has 0 saturated carbocycles. The van der Waals surface area contributed by atoms with E-state index in [1.54, 1.807) is 7.11 Å². The molecule has 5 nitrogen and oxygen atoms in total. The topological polar surface area (TPSA) is 73.6 Å². The van der Waals surface area contributed by atoms with Crippen molar-refractivity contribution in [3.63, 3.8) is 0 Å². The molecule has 0 aliphatic carbocycles. The summed E-state index contributed by atoms with van der Waals surface area (Å²) in [6.07, 6.45) is 0. The molecule has 7 heteroatoms. The Morgan fingerprint density at radius 3 is 2.50 bits per heavy atom. The molecule has 1 rings (SSSR count). The number of nitrogen functional groups attached to an aromatic ring is 1. The quantitative estimate of drug-likeness (QED) is 0.623. The Kier molecular flexibility index (Phi) is 6.21. The Bertz CT molecular complexity index is 404. The van der Waals surface area contributed by atoms with E-state index in [1.807, 2.05) is 0 Å². The van der Waals surface area contributed by atoms with Crippen molar-refractivity contribution in [2.24, 2.45) is 0 Å². The maximum atomic E-state index is 11.5. The number of carbonyl (C=O) groups excluding carboxylic acids is 1. The van der Waals surface area contributed by atoms with Crippen LogP contribution in [0, 0.1) is 0 Å². The number of methoxy groups -OCH3 is 1. The second-order valence-electron chi connectivity index (χ2n) is 3.45. The van der Waals surface area contributed by atoms with Crippen LogP contribution in [0.1, 0.15) is 0 Å². The molecule has 0 saturated heterocycles. The number of halogens is 2. The molecule has 0 unspecified atom stereocenters. The maximum absolute atomic E-state index is 11.5. The third-order valence-electron chi connectivity index (χ3n) is 1.99. The summed E-state index contributed by atoms with van der Waals surface area (Å²) in [6.45, 7) is 0.671. The van der Waals surface area contributed by atoms with Crippen LogP contribution in [-0.4, -0.2) is 32.8 Å². The van der Waals surface area contributed by atoms with Crippen molar-refractivity contribution in [2.75, 3.05) is 38.0 Å². The van der Waals surface area contributed by atoms with E-state index in [0.717, 1.165) is 0 Å². The molecule has 0 heterocycles. The van der Waals surface area contributed by atoms with Crippen molar-refractivity contribution in [1.29, 1.82) is 0 Å². The second-order valence-corrected chi connectivity index (χ2v) is 4.27. The van der Waals surface area contributed by atoms with E-state index in [0.29, 0.717) is 24.6 Å². The van der Waals surface area contributed by atoms with Crippen LogP contribution in [-0.2, 0) is 14.3 Å². The minimum Gasteiger partial charge on any atom is -0.399 e. The minimum absolute atomic E-state index is 0.0968. The normalized spacial score (nSPS) is 10.4. The first kappa shape index (κ1) is 15.0. The Labute approximate surface area is 115 Å². The molecule has 0 aliphatic rings. The summed E-state index contributed by atoms with van der Waals surface area (Å²) in [6, 6.07) is 3.02. The molecule has 1 aromatic rings. The number of anilines is 2. The predicted molar refractivity (Wildman–Crippen MR) is 72.2 cm³/mol. The fourth-order valence-electron chi connectivity index (χ4n) is 1.19. The van der Waals surface area contributed by atoms with Gasteiger partial charge in [0.2, 0.25) is 5.91 Å². The van der Waals surface area contributed by atoms with Gasteiger partial charge in [0, 0.05) is 12.8 Å². The lowest BCUT2D eigenvalue weighted by atomic mass is 10.3. The molecule has 1 aromatic carbocycles. The fourth-order valence-corrected chi connectivity index (χ4v) is 1.79. The highest BCUT2D eigenvalue weighted by Crippen LogP contribution is 2.32. The highest BCUT2D eigenvalue weighted by molar-refractivity contribution is 6.40. The SMILES string of the molecule is COCCOCC(=O)Nc1c(Cl)cc(N)cc1Cl. The molecular weight excluding hydrogens is 279 g/mol. The standard InChI is InChI=1S/C11H14Cl2N2O3/c1-17-2-3-18-6-10(16)15-11-8(12)4-7(14)5-9(11)13/h4-5H,2-3,6,14H2,1H3,(H,15,16). The lowest BCUT2D eigenvalue weighted by Crippen LogP contribution is -2.20. The zero-order valence-corrected chi connectivity index (χ0v) is 11.3. The van der Waals surface area contributed by atoms with E-state index in [2.05, 4.69) is 5.32 Å². The first-order chi connectivity index (χ1) is 8.54. The van der Waals surface area contributed by atoms with Crippen LogP contribution in [0.25, 0.3) is 0 Å². The van der Waals surface area contributed by atoms with Crippen molar-refractivity contribution in [3.8, 4) is 0 Å². The molecule has 0 radical (unpaired) electrons. The molecule has 0 aromatic heterocycles. The van der Waals surface area contributed by atoms with E-state index >= 15 is 0 Å². The lowest BCUT2D eigenvalue weighted by molar-refractivity contribution is -0.121. The van der Waals surface area contributed by atoms with Crippen LogP contribution < -0.4 is 11.1 Å². The number of ether oxygens (including phenoxy) is 2. The van der Waals surface area contributed by atoms with E-state index in [-0.39, 0.29) is 22.6 Å². The zero-order chi connectivity index (χ0) is 13.5. The molecule has 1 amide bonds. The average Bonchev–Trinajstić information content (AvgIpc) is 2.29. The van der Waals surface area contributed by atoms with Gasteiger partial charge in [0.05, 0.1) is 28.9 Å². The summed E-state index contributed by atoms with van der Waals surface area (Å²) in [5.74, 6) is -0.348. The van der Waals surface area contributed by atoms with Gasteiger partial charge in [-0.05, 0) is 12.1 Å². The Morgan fingerprint density at radius 2 is 1.94 bits per heavy atom. The van der Waals surface area contributed by atoms with Gasteiger partial charge in [0.1, 0.15) is 6.61 Å². The molecule has 0 aliphatic heterocycles. The number of hydrogen-bond acceptors (Lipinski definition) is 4. The Hall–Kier alpha value is -1.01.